The molecule has 2 aromatic carbocycles. The summed E-state index contributed by atoms with van der Waals surface area (Å²) in [6.07, 6.45) is -2.83. The van der Waals surface area contributed by atoms with Crippen molar-refractivity contribution in [1.29, 1.82) is 0 Å². The van der Waals surface area contributed by atoms with E-state index in [9.17, 15) is 13.2 Å². The molecule has 0 amide bonds. The average Bonchev–Trinajstić information content (AvgIpc) is 2.46. The van der Waals surface area contributed by atoms with E-state index >= 15 is 0 Å². The highest BCUT2D eigenvalue weighted by molar-refractivity contribution is 9.11. The molecule has 0 heterocycles. The first-order chi connectivity index (χ1) is 10.8. The van der Waals surface area contributed by atoms with Crippen LogP contribution in [0.2, 0.25) is 0 Å². The highest BCUT2D eigenvalue weighted by Gasteiger charge is 2.29. The number of ether oxygens (including phenoxy) is 1. The van der Waals surface area contributed by atoms with Crippen LogP contribution in [0.15, 0.2) is 50.4 Å². The Kier molecular flexibility index (Phi) is 5.69. The normalized spacial score (nSPS) is 11.7. The summed E-state index contributed by atoms with van der Waals surface area (Å²) in [5, 5.41) is 4.02. The molecule has 122 valence electrons. The molecule has 0 radical (unpaired) electrons. The van der Waals surface area contributed by atoms with Gasteiger partial charge >= 0.3 is 6.18 Å². The fraction of sp³-hybridized carbons (Fsp3) is 0.133. The zero-order valence-corrected chi connectivity index (χ0v) is 15.0. The van der Waals surface area contributed by atoms with Crippen molar-refractivity contribution in [1.82, 2.24) is 0 Å². The van der Waals surface area contributed by atoms with Gasteiger partial charge in [0.25, 0.3) is 0 Å². The summed E-state index contributed by atoms with van der Waals surface area (Å²) in [6, 6.07) is 8.26. The SMILES string of the molecule is COc1c(Br)cc(Br)cc1C=NNc1ccc(C(F)(F)F)cc1. The zero-order chi connectivity index (χ0) is 17.0. The number of nitrogens with zero attached hydrogens (tertiary/aromatic N) is 1. The number of hydrogen-bond donors (Lipinski definition) is 1. The highest BCUT2D eigenvalue weighted by atomic mass is 79.9. The van der Waals surface area contributed by atoms with Crippen LogP contribution < -0.4 is 10.2 Å². The number of hydrogen-bond acceptors (Lipinski definition) is 3. The van der Waals surface area contributed by atoms with Crippen LogP contribution in [0.5, 0.6) is 5.75 Å². The summed E-state index contributed by atoms with van der Waals surface area (Å²) >= 11 is 6.74. The maximum atomic E-state index is 12.5. The van der Waals surface area contributed by atoms with Crippen LogP contribution in [0, 0.1) is 0 Å². The molecule has 0 aliphatic rings. The second-order valence-corrected chi connectivity index (χ2v) is 6.23. The van der Waals surface area contributed by atoms with Gasteiger partial charge in [0.15, 0.2) is 0 Å². The molecule has 2 aromatic rings. The molecule has 8 heteroatoms. The lowest BCUT2D eigenvalue weighted by atomic mass is 10.2. The van der Waals surface area contributed by atoms with Gasteiger partial charge in [0.2, 0.25) is 0 Å². The van der Waals surface area contributed by atoms with Gasteiger partial charge in [-0.05, 0) is 52.3 Å². The van der Waals surface area contributed by atoms with Crippen LogP contribution in [0.4, 0.5) is 18.9 Å². The van der Waals surface area contributed by atoms with Crippen molar-refractivity contribution in [3.8, 4) is 5.75 Å². The van der Waals surface area contributed by atoms with E-state index in [4.69, 9.17) is 4.74 Å². The van der Waals surface area contributed by atoms with Gasteiger partial charge in [-0.1, -0.05) is 15.9 Å². The largest absolute Gasteiger partial charge is 0.495 e. The Morgan fingerprint density at radius 3 is 2.35 bits per heavy atom. The van der Waals surface area contributed by atoms with Gasteiger partial charge < -0.3 is 4.74 Å². The second-order valence-electron chi connectivity index (χ2n) is 4.46. The van der Waals surface area contributed by atoms with Crippen LogP contribution in [0.3, 0.4) is 0 Å². The summed E-state index contributed by atoms with van der Waals surface area (Å²) in [6.45, 7) is 0. The first-order valence-corrected chi connectivity index (χ1v) is 7.89. The van der Waals surface area contributed by atoms with Crippen molar-refractivity contribution in [3.63, 3.8) is 0 Å². The van der Waals surface area contributed by atoms with Crippen molar-refractivity contribution in [2.24, 2.45) is 5.10 Å². The van der Waals surface area contributed by atoms with Crippen molar-refractivity contribution in [2.75, 3.05) is 12.5 Å². The van der Waals surface area contributed by atoms with E-state index in [0.29, 0.717) is 17.0 Å². The third-order valence-electron chi connectivity index (χ3n) is 2.85. The summed E-state index contributed by atoms with van der Waals surface area (Å²) in [7, 11) is 1.54. The molecular weight excluding hydrogens is 441 g/mol. The Hall–Kier alpha value is -1.54. The minimum atomic E-state index is -4.35. The number of rotatable bonds is 4. The lowest BCUT2D eigenvalue weighted by molar-refractivity contribution is -0.137. The fourth-order valence-electron chi connectivity index (χ4n) is 1.80. The summed E-state index contributed by atoms with van der Waals surface area (Å²) < 4.78 is 44.3. The molecule has 0 aliphatic heterocycles. The van der Waals surface area contributed by atoms with Crippen molar-refractivity contribution in [3.05, 3.63) is 56.5 Å². The van der Waals surface area contributed by atoms with Gasteiger partial charge in [0.1, 0.15) is 5.75 Å². The Balaban J connectivity index is 2.13. The van der Waals surface area contributed by atoms with E-state index in [1.807, 2.05) is 12.1 Å². The molecule has 0 aromatic heterocycles. The number of alkyl halides is 3. The van der Waals surface area contributed by atoms with Crippen LogP contribution in [0.25, 0.3) is 0 Å². The molecule has 0 unspecified atom stereocenters. The van der Waals surface area contributed by atoms with Gasteiger partial charge in [-0.3, -0.25) is 5.43 Å². The molecule has 0 bridgehead atoms. The monoisotopic (exact) mass is 450 g/mol. The smallest absolute Gasteiger partial charge is 0.416 e. The maximum absolute atomic E-state index is 12.5. The van der Waals surface area contributed by atoms with E-state index in [1.54, 1.807) is 0 Å². The van der Waals surface area contributed by atoms with Crippen molar-refractivity contribution in [2.45, 2.75) is 6.18 Å². The molecule has 1 N–H and O–H groups in total. The van der Waals surface area contributed by atoms with Crippen LogP contribution >= 0.6 is 31.9 Å². The Labute approximate surface area is 147 Å². The number of methoxy groups -OCH3 is 1. The van der Waals surface area contributed by atoms with Crippen LogP contribution in [-0.2, 0) is 6.18 Å². The Morgan fingerprint density at radius 2 is 1.78 bits per heavy atom. The lowest BCUT2D eigenvalue weighted by Gasteiger charge is -2.08. The predicted molar refractivity (Wildman–Crippen MR) is 91.1 cm³/mol. The summed E-state index contributed by atoms with van der Waals surface area (Å²) in [5.74, 6) is 0.603. The molecule has 0 spiro atoms. The van der Waals surface area contributed by atoms with E-state index in [2.05, 4.69) is 42.4 Å². The van der Waals surface area contributed by atoms with Crippen molar-refractivity contribution >= 4 is 43.8 Å². The standard InChI is InChI=1S/C15H11Br2F3N2O/c1-23-14-9(6-11(16)7-13(14)17)8-21-22-12-4-2-10(3-5-12)15(18,19)20/h2-8,22H,1H3. The molecule has 2 rings (SSSR count). The highest BCUT2D eigenvalue weighted by Crippen LogP contribution is 2.32. The zero-order valence-electron chi connectivity index (χ0n) is 11.8. The molecule has 0 aliphatic carbocycles. The average molecular weight is 452 g/mol. The van der Waals surface area contributed by atoms with E-state index in [-0.39, 0.29) is 0 Å². The van der Waals surface area contributed by atoms with Crippen LogP contribution in [0.1, 0.15) is 11.1 Å². The first-order valence-electron chi connectivity index (χ1n) is 6.30. The molecule has 3 nitrogen and oxygen atoms in total. The molecule has 0 saturated heterocycles. The van der Waals surface area contributed by atoms with E-state index in [0.717, 1.165) is 21.1 Å². The number of nitrogens with one attached hydrogen (secondary N) is 1. The molecule has 0 atom stereocenters. The minimum Gasteiger partial charge on any atom is -0.495 e. The quantitative estimate of drug-likeness (QED) is 0.478. The Bertz CT molecular complexity index is 716. The summed E-state index contributed by atoms with van der Waals surface area (Å²) in [5.41, 5.74) is 3.12. The second kappa shape index (κ2) is 7.35. The van der Waals surface area contributed by atoms with E-state index in [1.165, 1.54) is 25.5 Å². The van der Waals surface area contributed by atoms with Crippen molar-refractivity contribution < 1.29 is 17.9 Å². The van der Waals surface area contributed by atoms with Gasteiger partial charge in [0, 0.05) is 10.0 Å². The number of halogens is 5. The molecule has 0 fully saturated rings. The summed E-state index contributed by atoms with van der Waals surface area (Å²) in [4.78, 5) is 0. The van der Waals surface area contributed by atoms with Crippen LogP contribution in [-0.4, -0.2) is 13.3 Å². The Morgan fingerprint density at radius 1 is 1.13 bits per heavy atom. The van der Waals surface area contributed by atoms with Gasteiger partial charge in [0.05, 0.1) is 29.0 Å². The van der Waals surface area contributed by atoms with Gasteiger partial charge in [-0.15, -0.1) is 0 Å². The third-order valence-corrected chi connectivity index (χ3v) is 3.90. The predicted octanol–water partition coefficient (Wildman–Crippen LogP) is 5.69. The molecular formula is C15H11Br2F3N2O. The van der Waals surface area contributed by atoms with E-state index < -0.39 is 11.7 Å². The topological polar surface area (TPSA) is 33.6 Å². The fourth-order valence-corrected chi connectivity index (χ4v) is 3.22. The molecule has 23 heavy (non-hydrogen) atoms. The van der Waals surface area contributed by atoms with Gasteiger partial charge in [-0.25, -0.2) is 0 Å². The first kappa shape index (κ1) is 17.8. The third kappa shape index (κ3) is 4.71. The number of hydrazone groups is 1. The molecule has 0 saturated carbocycles. The van der Waals surface area contributed by atoms with Gasteiger partial charge in [-0.2, -0.15) is 18.3 Å². The maximum Gasteiger partial charge on any atom is 0.416 e. The number of anilines is 1. The lowest BCUT2D eigenvalue weighted by Crippen LogP contribution is -2.04. The number of benzene rings is 2. The minimum absolute atomic E-state index is 0.447.